The van der Waals surface area contributed by atoms with Gasteiger partial charge in [-0.25, -0.2) is 0 Å². The van der Waals surface area contributed by atoms with Crippen LogP contribution in [0.5, 0.6) is 0 Å². The molecule has 0 bridgehead atoms. The van der Waals surface area contributed by atoms with E-state index in [2.05, 4.69) is 5.32 Å². The van der Waals surface area contributed by atoms with Gasteiger partial charge in [-0.15, -0.1) is 0 Å². The molecule has 2 unspecified atom stereocenters. The van der Waals surface area contributed by atoms with E-state index < -0.39 is 0 Å². The van der Waals surface area contributed by atoms with Crippen LogP contribution in [0, 0.1) is 0 Å². The minimum absolute atomic E-state index is 0.0377. The Morgan fingerprint density at radius 2 is 2.11 bits per heavy atom. The van der Waals surface area contributed by atoms with Crippen molar-refractivity contribution in [1.82, 2.24) is 5.32 Å². The molecule has 1 N–H and O–H groups in total. The quantitative estimate of drug-likeness (QED) is 0.760. The van der Waals surface area contributed by atoms with E-state index in [1.165, 1.54) is 7.11 Å². The van der Waals surface area contributed by atoms with Crippen molar-refractivity contribution in [2.24, 2.45) is 0 Å². The molecule has 18 heavy (non-hydrogen) atoms. The molecule has 0 aromatic rings. The van der Waals surface area contributed by atoms with E-state index in [0.717, 1.165) is 45.5 Å². The number of hydrogen-bond donors (Lipinski definition) is 1. The highest BCUT2D eigenvalue weighted by molar-refractivity contribution is 5.75. The predicted molar refractivity (Wildman–Crippen MR) is 66.4 cm³/mol. The number of rotatable bonds is 3. The molecule has 0 amide bonds. The van der Waals surface area contributed by atoms with Gasteiger partial charge in [0.05, 0.1) is 12.7 Å². The zero-order valence-electron chi connectivity index (χ0n) is 11.2. The second-order valence-corrected chi connectivity index (χ2v) is 5.25. The summed E-state index contributed by atoms with van der Waals surface area (Å²) in [5.74, 6) is -0.206. The minimum atomic E-state index is -0.255. The maximum atomic E-state index is 11.4. The van der Waals surface area contributed by atoms with Gasteiger partial charge in [0.25, 0.3) is 0 Å². The summed E-state index contributed by atoms with van der Waals surface area (Å²) in [5, 5.41) is 3.35. The second kappa shape index (κ2) is 5.99. The summed E-state index contributed by atoms with van der Waals surface area (Å²) in [7, 11) is 1.42. The van der Waals surface area contributed by atoms with Gasteiger partial charge in [-0.3, -0.25) is 4.79 Å². The van der Waals surface area contributed by atoms with E-state index in [0.29, 0.717) is 6.04 Å². The molecule has 2 rings (SSSR count). The highest BCUT2D eigenvalue weighted by Gasteiger charge is 2.39. The smallest absolute Gasteiger partial charge is 0.322 e. The molecule has 5 heteroatoms. The third-order valence-electron chi connectivity index (χ3n) is 3.94. The first-order valence-corrected chi connectivity index (χ1v) is 6.71. The average molecular weight is 257 g/mol. The zero-order chi connectivity index (χ0) is 13.0. The van der Waals surface area contributed by atoms with Crippen LogP contribution in [0.3, 0.4) is 0 Å². The third kappa shape index (κ3) is 3.22. The Balaban J connectivity index is 1.88. The molecule has 2 saturated heterocycles. The number of ether oxygens (including phenoxy) is 3. The van der Waals surface area contributed by atoms with Gasteiger partial charge in [0.2, 0.25) is 0 Å². The lowest BCUT2D eigenvalue weighted by molar-refractivity contribution is -0.148. The molecule has 2 aliphatic heterocycles. The van der Waals surface area contributed by atoms with Crippen LogP contribution in [0.4, 0.5) is 0 Å². The summed E-state index contributed by atoms with van der Waals surface area (Å²) < 4.78 is 16.1. The van der Waals surface area contributed by atoms with Crippen molar-refractivity contribution in [1.29, 1.82) is 0 Å². The molecule has 0 aromatic carbocycles. The van der Waals surface area contributed by atoms with Crippen molar-refractivity contribution >= 4 is 5.97 Å². The lowest BCUT2D eigenvalue weighted by Gasteiger charge is -2.43. The Morgan fingerprint density at radius 3 is 2.78 bits per heavy atom. The summed E-state index contributed by atoms with van der Waals surface area (Å²) in [4.78, 5) is 11.4. The molecule has 0 aromatic heterocycles. The molecule has 0 saturated carbocycles. The van der Waals surface area contributed by atoms with Crippen LogP contribution in [0.25, 0.3) is 0 Å². The van der Waals surface area contributed by atoms with Gasteiger partial charge in [-0.1, -0.05) is 0 Å². The standard InChI is InChI=1S/C13H23NO4/c1-10(12(15)16-2)14-11-3-6-18-13(9-11)4-7-17-8-5-13/h10-11,14H,3-9H2,1-2H3. The monoisotopic (exact) mass is 257 g/mol. The maximum absolute atomic E-state index is 11.4. The van der Waals surface area contributed by atoms with E-state index in [-0.39, 0.29) is 17.6 Å². The number of carbonyl (C=O) groups is 1. The Labute approximate surface area is 108 Å². The van der Waals surface area contributed by atoms with E-state index in [1.807, 2.05) is 6.92 Å². The summed E-state index contributed by atoms with van der Waals surface area (Å²) in [6.07, 6.45) is 3.82. The van der Waals surface area contributed by atoms with Crippen LogP contribution < -0.4 is 5.32 Å². The molecule has 0 radical (unpaired) electrons. The van der Waals surface area contributed by atoms with E-state index in [1.54, 1.807) is 0 Å². The minimum Gasteiger partial charge on any atom is -0.468 e. The molecule has 104 valence electrons. The second-order valence-electron chi connectivity index (χ2n) is 5.25. The maximum Gasteiger partial charge on any atom is 0.322 e. The van der Waals surface area contributed by atoms with Gasteiger partial charge in [0.15, 0.2) is 0 Å². The first-order valence-electron chi connectivity index (χ1n) is 6.71. The van der Waals surface area contributed by atoms with Crippen molar-refractivity contribution in [3.63, 3.8) is 0 Å². The van der Waals surface area contributed by atoms with Crippen molar-refractivity contribution in [3.8, 4) is 0 Å². The Bertz CT molecular complexity index is 283. The third-order valence-corrected chi connectivity index (χ3v) is 3.94. The first kappa shape index (κ1) is 13.8. The highest BCUT2D eigenvalue weighted by Crippen LogP contribution is 2.34. The largest absolute Gasteiger partial charge is 0.468 e. The van der Waals surface area contributed by atoms with E-state index >= 15 is 0 Å². The molecule has 5 nitrogen and oxygen atoms in total. The van der Waals surface area contributed by atoms with Crippen molar-refractivity contribution in [2.75, 3.05) is 26.9 Å². The van der Waals surface area contributed by atoms with Crippen molar-refractivity contribution in [3.05, 3.63) is 0 Å². The lowest BCUT2D eigenvalue weighted by atomic mass is 9.84. The van der Waals surface area contributed by atoms with Gasteiger partial charge in [0.1, 0.15) is 6.04 Å². The highest BCUT2D eigenvalue weighted by atomic mass is 16.5. The summed E-state index contributed by atoms with van der Waals surface area (Å²) in [6.45, 7) is 4.15. The molecule has 1 spiro atoms. The molecular weight excluding hydrogens is 234 g/mol. The van der Waals surface area contributed by atoms with E-state index in [4.69, 9.17) is 14.2 Å². The number of methoxy groups -OCH3 is 1. The lowest BCUT2D eigenvalue weighted by Crippen LogP contribution is -2.52. The Hall–Kier alpha value is -0.650. The summed E-state index contributed by atoms with van der Waals surface area (Å²) in [5.41, 5.74) is -0.0377. The Morgan fingerprint density at radius 1 is 1.39 bits per heavy atom. The molecular formula is C13H23NO4. The fourth-order valence-corrected chi connectivity index (χ4v) is 2.86. The van der Waals surface area contributed by atoms with Gasteiger partial charge < -0.3 is 19.5 Å². The van der Waals surface area contributed by atoms with Crippen LogP contribution in [0.15, 0.2) is 0 Å². The molecule has 2 aliphatic rings. The van der Waals surface area contributed by atoms with Gasteiger partial charge >= 0.3 is 5.97 Å². The van der Waals surface area contributed by atoms with Gasteiger partial charge in [0, 0.05) is 25.9 Å². The fourth-order valence-electron chi connectivity index (χ4n) is 2.86. The predicted octanol–water partition coefficient (Wildman–Crippen LogP) is 0.866. The van der Waals surface area contributed by atoms with Crippen molar-refractivity contribution in [2.45, 2.75) is 50.3 Å². The van der Waals surface area contributed by atoms with Crippen molar-refractivity contribution < 1.29 is 19.0 Å². The topological polar surface area (TPSA) is 56.8 Å². The number of carbonyl (C=O) groups excluding carboxylic acids is 1. The summed E-state index contributed by atoms with van der Waals surface area (Å²) in [6, 6.07) is 0.0703. The molecule has 2 atom stereocenters. The van der Waals surface area contributed by atoms with Crippen LogP contribution in [0.2, 0.25) is 0 Å². The van der Waals surface area contributed by atoms with Gasteiger partial charge in [-0.05, 0) is 32.6 Å². The number of nitrogens with one attached hydrogen (secondary N) is 1. The molecule has 2 fully saturated rings. The molecule has 2 heterocycles. The van der Waals surface area contributed by atoms with Crippen LogP contribution in [-0.2, 0) is 19.0 Å². The molecule has 0 aliphatic carbocycles. The average Bonchev–Trinajstić information content (AvgIpc) is 2.38. The van der Waals surface area contributed by atoms with Gasteiger partial charge in [-0.2, -0.15) is 0 Å². The zero-order valence-corrected chi connectivity index (χ0v) is 11.2. The van der Waals surface area contributed by atoms with Crippen LogP contribution in [0.1, 0.15) is 32.6 Å². The number of hydrogen-bond acceptors (Lipinski definition) is 5. The van der Waals surface area contributed by atoms with Crippen LogP contribution >= 0.6 is 0 Å². The van der Waals surface area contributed by atoms with Crippen LogP contribution in [-0.4, -0.2) is 50.6 Å². The fraction of sp³-hybridized carbons (Fsp3) is 0.923. The Kier molecular flexibility index (Phi) is 4.59. The first-order chi connectivity index (χ1) is 8.65. The number of esters is 1. The normalized spacial score (nSPS) is 28.9. The SMILES string of the molecule is COC(=O)C(C)NC1CCOC2(CCOCC2)C1. The van der Waals surface area contributed by atoms with E-state index in [9.17, 15) is 4.79 Å². The summed E-state index contributed by atoms with van der Waals surface area (Å²) >= 11 is 0.